The second kappa shape index (κ2) is 6.71. The lowest BCUT2D eigenvalue weighted by Gasteiger charge is -2.34. The van der Waals surface area contributed by atoms with E-state index < -0.39 is 0 Å². The quantitative estimate of drug-likeness (QED) is 0.863. The number of benzene rings is 1. The van der Waals surface area contributed by atoms with E-state index in [0.717, 1.165) is 54.9 Å². The van der Waals surface area contributed by atoms with Gasteiger partial charge in [-0.1, -0.05) is 18.2 Å². The van der Waals surface area contributed by atoms with Gasteiger partial charge in [-0.2, -0.15) is 0 Å². The molecule has 3 heterocycles. The third kappa shape index (κ3) is 3.13. The highest BCUT2D eigenvalue weighted by atomic mass is 16.2. The second-order valence-corrected chi connectivity index (χ2v) is 7.34. The third-order valence-electron chi connectivity index (χ3n) is 5.75. The normalized spacial score (nSPS) is 24.3. The van der Waals surface area contributed by atoms with E-state index in [0.29, 0.717) is 12.1 Å². The topological polar surface area (TPSA) is 49.3 Å². The van der Waals surface area contributed by atoms with Gasteiger partial charge in [-0.3, -0.25) is 9.69 Å². The average Bonchev–Trinajstić information content (AvgIpc) is 3.23. The summed E-state index contributed by atoms with van der Waals surface area (Å²) in [7, 11) is 0. The first-order chi connectivity index (χ1) is 12.1. The van der Waals surface area contributed by atoms with E-state index >= 15 is 0 Å². The van der Waals surface area contributed by atoms with Gasteiger partial charge in [0.2, 0.25) is 5.91 Å². The Morgan fingerprint density at radius 2 is 1.88 bits per heavy atom. The lowest BCUT2D eigenvalue weighted by Crippen LogP contribution is -2.47. The Kier molecular flexibility index (Phi) is 4.42. The lowest BCUT2D eigenvalue weighted by molar-refractivity contribution is -0.130. The van der Waals surface area contributed by atoms with Gasteiger partial charge in [-0.15, -0.1) is 0 Å². The number of rotatable bonds is 3. The van der Waals surface area contributed by atoms with Gasteiger partial charge in [0.15, 0.2) is 0 Å². The number of para-hydroxylation sites is 1. The molecule has 4 rings (SSSR count). The summed E-state index contributed by atoms with van der Waals surface area (Å²) in [5.74, 6) is 1.11. The molecule has 1 aromatic heterocycles. The number of hydrogen-bond acceptors (Lipinski definition) is 4. The summed E-state index contributed by atoms with van der Waals surface area (Å²) >= 11 is 0. The Balaban J connectivity index is 1.56. The first kappa shape index (κ1) is 16.5. The molecule has 2 atom stereocenters. The minimum atomic E-state index is 0.215. The number of aromatic nitrogens is 2. The van der Waals surface area contributed by atoms with Crippen molar-refractivity contribution in [2.75, 3.05) is 13.1 Å². The van der Waals surface area contributed by atoms with Crippen LogP contribution in [0.3, 0.4) is 0 Å². The van der Waals surface area contributed by atoms with Gasteiger partial charge in [0.25, 0.3) is 0 Å². The van der Waals surface area contributed by atoms with E-state index in [-0.39, 0.29) is 5.91 Å². The molecule has 2 fully saturated rings. The van der Waals surface area contributed by atoms with Gasteiger partial charge < -0.3 is 4.90 Å². The fourth-order valence-electron chi connectivity index (χ4n) is 4.61. The number of hydrogen-bond donors (Lipinski definition) is 0. The van der Waals surface area contributed by atoms with E-state index in [4.69, 9.17) is 9.97 Å². The van der Waals surface area contributed by atoms with Crippen LogP contribution in [0.2, 0.25) is 0 Å². The van der Waals surface area contributed by atoms with Crippen molar-refractivity contribution < 1.29 is 4.79 Å². The molecule has 0 N–H and O–H groups in total. The molecule has 0 saturated carbocycles. The van der Waals surface area contributed by atoms with Crippen molar-refractivity contribution in [3.8, 4) is 0 Å². The molecule has 2 aliphatic heterocycles. The summed E-state index contributed by atoms with van der Waals surface area (Å²) in [5.41, 5.74) is 2.06. The van der Waals surface area contributed by atoms with Crippen LogP contribution in [0.5, 0.6) is 0 Å². The zero-order valence-corrected chi connectivity index (χ0v) is 15.1. The summed E-state index contributed by atoms with van der Waals surface area (Å²) in [6, 6.07) is 9.01. The van der Waals surface area contributed by atoms with Crippen LogP contribution in [0.15, 0.2) is 24.3 Å². The van der Waals surface area contributed by atoms with Crippen molar-refractivity contribution in [2.45, 2.75) is 58.2 Å². The zero-order chi connectivity index (χ0) is 17.4. The highest BCUT2D eigenvalue weighted by molar-refractivity contribution is 5.80. The molecule has 2 unspecified atom stereocenters. The van der Waals surface area contributed by atoms with Gasteiger partial charge in [0.1, 0.15) is 5.82 Å². The predicted molar refractivity (Wildman–Crippen MR) is 98.1 cm³/mol. The summed E-state index contributed by atoms with van der Waals surface area (Å²) in [6.45, 7) is 6.52. The maximum absolute atomic E-state index is 12.0. The van der Waals surface area contributed by atoms with Crippen molar-refractivity contribution in [3.05, 3.63) is 35.8 Å². The number of likely N-dealkylation sites (tertiary alicyclic amines) is 2. The predicted octanol–water partition coefficient (Wildman–Crippen LogP) is 2.91. The van der Waals surface area contributed by atoms with E-state index in [1.807, 2.05) is 12.1 Å². The van der Waals surface area contributed by atoms with Crippen molar-refractivity contribution in [3.63, 3.8) is 0 Å². The smallest absolute Gasteiger partial charge is 0.219 e. The van der Waals surface area contributed by atoms with E-state index in [1.54, 1.807) is 6.92 Å². The van der Waals surface area contributed by atoms with Crippen LogP contribution in [0.25, 0.3) is 10.9 Å². The number of carbonyl (C=O) groups excluding carboxylic acids is 1. The largest absolute Gasteiger partial charge is 0.338 e. The Morgan fingerprint density at radius 1 is 1.12 bits per heavy atom. The minimum absolute atomic E-state index is 0.215. The maximum atomic E-state index is 12.0. The molecule has 0 aliphatic carbocycles. The molecular formula is C20H26N4O. The molecule has 0 radical (unpaired) electrons. The molecule has 0 spiro atoms. The molecule has 2 aliphatic rings. The molecule has 5 nitrogen and oxygen atoms in total. The minimum Gasteiger partial charge on any atom is -0.338 e. The Labute approximate surface area is 149 Å². The van der Waals surface area contributed by atoms with Gasteiger partial charge in [-0.05, 0) is 45.2 Å². The molecule has 25 heavy (non-hydrogen) atoms. The number of aryl methyl sites for hydroxylation is 1. The highest BCUT2D eigenvalue weighted by Gasteiger charge is 2.38. The molecular weight excluding hydrogens is 312 g/mol. The number of amides is 1. The van der Waals surface area contributed by atoms with Crippen LogP contribution in [0.1, 0.15) is 44.1 Å². The number of nitrogens with zero attached hydrogens (tertiary/aromatic N) is 4. The monoisotopic (exact) mass is 338 g/mol. The van der Waals surface area contributed by atoms with Crippen LogP contribution in [0.4, 0.5) is 0 Å². The zero-order valence-electron chi connectivity index (χ0n) is 15.1. The Bertz CT molecular complexity index is 790. The van der Waals surface area contributed by atoms with Crippen LogP contribution in [-0.2, 0) is 11.3 Å². The molecule has 5 heteroatoms. The fraction of sp³-hybridized carbons (Fsp3) is 0.550. The number of carbonyl (C=O) groups is 1. The molecule has 1 amide bonds. The van der Waals surface area contributed by atoms with Gasteiger partial charge in [0, 0.05) is 36.6 Å². The van der Waals surface area contributed by atoms with Crippen molar-refractivity contribution in [2.24, 2.45) is 0 Å². The molecule has 1 aromatic carbocycles. The Morgan fingerprint density at radius 3 is 2.72 bits per heavy atom. The third-order valence-corrected chi connectivity index (χ3v) is 5.75. The SMILES string of the molecule is CC(=O)N1CCCC1C1CCCN1Cc1nc(C)c2ccccc2n1. The average molecular weight is 338 g/mol. The van der Waals surface area contributed by atoms with Gasteiger partial charge >= 0.3 is 0 Å². The highest BCUT2D eigenvalue weighted by Crippen LogP contribution is 2.31. The first-order valence-electron chi connectivity index (χ1n) is 9.37. The second-order valence-electron chi connectivity index (χ2n) is 7.34. The van der Waals surface area contributed by atoms with E-state index in [2.05, 4.69) is 28.9 Å². The summed E-state index contributed by atoms with van der Waals surface area (Å²) in [5, 5.41) is 1.13. The van der Waals surface area contributed by atoms with Crippen LogP contribution < -0.4 is 0 Å². The van der Waals surface area contributed by atoms with Crippen LogP contribution >= 0.6 is 0 Å². The number of fused-ring (bicyclic) bond motifs is 1. The van der Waals surface area contributed by atoms with Crippen molar-refractivity contribution in [1.82, 2.24) is 19.8 Å². The standard InChI is InChI=1S/C20H26N4O/c1-14-16-7-3-4-8-17(16)22-20(21-14)13-23-11-5-9-18(23)19-10-6-12-24(19)15(2)25/h3-4,7-8,18-19H,5-6,9-13H2,1-2H3. The van der Waals surface area contributed by atoms with E-state index in [1.165, 1.54) is 12.8 Å². The summed E-state index contributed by atoms with van der Waals surface area (Å²) in [4.78, 5) is 26.1. The molecule has 2 aromatic rings. The van der Waals surface area contributed by atoms with Crippen LogP contribution in [-0.4, -0.2) is 50.8 Å². The first-order valence-corrected chi connectivity index (χ1v) is 9.37. The van der Waals surface area contributed by atoms with Crippen molar-refractivity contribution in [1.29, 1.82) is 0 Å². The molecule has 2 saturated heterocycles. The maximum Gasteiger partial charge on any atom is 0.219 e. The van der Waals surface area contributed by atoms with Gasteiger partial charge in [0.05, 0.1) is 12.1 Å². The Hall–Kier alpha value is -2.01. The summed E-state index contributed by atoms with van der Waals surface area (Å²) < 4.78 is 0. The lowest BCUT2D eigenvalue weighted by atomic mass is 10.0. The summed E-state index contributed by atoms with van der Waals surface area (Å²) in [6.07, 6.45) is 4.61. The fourth-order valence-corrected chi connectivity index (χ4v) is 4.61. The van der Waals surface area contributed by atoms with Gasteiger partial charge in [-0.25, -0.2) is 9.97 Å². The van der Waals surface area contributed by atoms with Crippen molar-refractivity contribution >= 4 is 16.8 Å². The van der Waals surface area contributed by atoms with E-state index in [9.17, 15) is 4.79 Å². The van der Waals surface area contributed by atoms with Crippen LogP contribution in [0, 0.1) is 6.92 Å². The molecule has 0 bridgehead atoms. The molecule has 132 valence electrons.